The molecule has 17 nitrogen and oxygen atoms in total. The van der Waals surface area contributed by atoms with Crippen molar-refractivity contribution in [1.29, 1.82) is 0 Å². The number of carbonyl (C=O) groups excluding carboxylic acids is 3. The summed E-state index contributed by atoms with van der Waals surface area (Å²) in [5, 5.41) is 22.3. The zero-order chi connectivity index (χ0) is 41.6. The van der Waals surface area contributed by atoms with E-state index in [0.29, 0.717) is 46.0 Å². The molecule has 0 spiro atoms. The van der Waals surface area contributed by atoms with Crippen molar-refractivity contribution in [3.63, 3.8) is 0 Å². The van der Waals surface area contributed by atoms with E-state index in [1.807, 2.05) is 11.6 Å². The zero-order valence-corrected chi connectivity index (χ0v) is 37.2. The smallest absolute Gasteiger partial charge is 0.376 e. The van der Waals surface area contributed by atoms with Gasteiger partial charge in [0.05, 0.1) is 26.6 Å². The number of hydrogen-bond donors (Lipinski definition) is 3. The standard InChI is InChI=1S/C18H29BBrN5O3.C12H17BrN4O2.C6H12BNO2/c1-4-13-12-23(17-16(20)22-15(11-21-17)18(26)28-3)9-10-25(13)14-5-7-24(8-6-14)19(2)27;1-3-8-7-17(5-4-14-8)11-10(13)16-9(6-15-11)12(18)19-2;1-7(10)8-4-2-6(9)3-5-8/h11,13-14,27H,4-10,12H2,1-3H3;6,8,14H,3-5,7H2,1-2H3;10H,2-5H2,1H3/t13-;8-;/m00./s1. The monoisotopic (exact) mass is 922 g/mol. The summed E-state index contributed by atoms with van der Waals surface area (Å²) in [6.07, 6.45) is 8.47. The second kappa shape index (κ2) is 23.1. The highest BCUT2D eigenvalue weighted by Gasteiger charge is 2.35. The van der Waals surface area contributed by atoms with Gasteiger partial charge in [0.15, 0.2) is 23.0 Å². The van der Waals surface area contributed by atoms with Gasteiger partial charge >= 0.3 is 26.0 Å². The molecule has 3 N–H and O–H groups in total. The van der Waals surface area contributed by atoms with Gasteiger partial charge < -0.3 is 44.3 Å². The number of hydrogen-bond acceptors (Lipinski definition) is 17. The maximum Gasteiger partial charge on any atom is 0.376 e. The first kappa shape index (κ1) is 46.9. The van der Waals surface area contributed by atoms with Crippen LogP contribution < -0.4 is 15.1 Å². The molecule has 0 aromatic carbocycles. The lowest BCUT2D eigenvalue weighted by Gasteiger charge is -2.48. The van der Waals surface area contributed by atoms with Crippen molar-refractivity contribution in [3.8, 4) is 0 Å². The Morgan fingerprint density at radius 2 is 1.30 bits per heavy atom. The molecule has 4 aliphatic heterocycles. The predicted octanol–water partition coefficient (Wildman–Crippen LogP) is 2.48. The highest BCUT2D eigenvalue weighted by Crippen LogP contribution is 2.29. The molecule has 0 radical (unpaired) electrons. The molecule has 0 saturated carbocycles. The Hall–Kier alpha value is -2.78. The first-order chi connectivity index (χ1) is 27.3. The summed E-state index contributed by atoms with van der Waals surface area (Å²) in [7, 11) is 1.91. The van der Waals surface area contributed by atoms with E-state index in [0.717, 1.165) is 103 Å². The topological polar surface area (TPSA) is 190 Å². The molecule has 2 aromatic rings. The maximum absolute atomic E-state index is 11.6. The Morgan fingerprint density at radius 3 is 1.75 bits per heavy atom. The number of piperazine rings is 2. The summed E-state index contributed by atoms with van der Waals surface area (Å²) in [6, 6.07) is 1.48. The molecule has 4 fully saturated rings. The molecule has 2 aromatic heterocycles. The molecule has 57 heavy (non-hydrogen) atoms. The van der Waals surface area contributed by atoms with Gasteiger partial charge in [-0.05, 0) is 97.4 Å². The van der Waals surface area contributed by atoms with E-state index in [-0.39, 0.29) is 18.4 Å². The van der Waals surface area contributed by atoms with Crippen molar-refractivity contribution in [1.82, 2.24) is 39.8 Å². The van der Waals surface area contributed by atoms with E-state index in [1.54, 1.807) is 6.82 Å². The second-order valence-corrected chi connectivity index (χ2v) is 16.1. The van der Waals surface area contributed by atoms with Gasteiger partial charge in [-0.25, -0.2) is 29.5 Å². The van der Waals surface area contributed by atoms with Crippen LogP contribution in [0.1, 0.15) is 73.3 Å². The highest BCUT2D eigenvalue weighted by molar-refractivity contribution is 9.10. The lowest BCUT2D eigenvalue weighted by Crippen LogP contribution is -2.59. The van der Waals surface area contributed by atoms with Crippen molar-refractivity contribution in [3.05, 3.63) is 33.0 Å². The molecule has 314 valence electrons. The van der Waals surface area contributed by atoms with E-state index in [9.17, 15) is 19.4 Å². The Balaban J connectivity index is 0.000000213. The van der Waals surface area contributed by atoms with E-state index in [4.69, 9.17) is 9.76 Å². The number of aromatic nitrogens is 4. The molecule has 0 amide bonds. The quantitative estimate of drug-likeness (QED) is 0.246. The fraction of sp³-hybridized carbons (Fsp3) is 0.694. The van der Waals surface area contributed by atoms with Crippen molar-refractivity contribution in [2.75, 3.05) is 89.5 Å². The molecular weight excluding hydrogens is 866 g/mol. The van der Waals surface area contributed by atoms with Gasteiger partial charge in [-0.2, -0.15) is 0 Å². The van der Waals surface area contributed by atoms with E-state index in [1.165, 1.54) is 26.6 Å². The summed E-state index contributed by atoms with van der Waals surface area (Å²) >= 11 is 6.85. The number of esters is 2. The van der Waals surface area contributed by atoms with Crippen LogP contribution in [0.25, 0.3) is 0 Å². The minimum absolute atomic E-state index is 0.202. The number of nitrogens with zero attached hydrogens (tertiary/aromatic N) is 9. The average molecular weight is 924 g/mol. The van der Waals surface area contributed by atoms with Crippen molar-refractivity contribution >= 4 is 75.3 Å². The summed E-state index contributed by atoms with van der Waals surface area (Å²) in [4.78, 5) is 62.1. The molecule has 0 unspecified atom stereocenters. The number of nitrogens with one attached hydrogen (secondary N) is 1. The number of piperidine rings is 2. The van der Waals surface area contributed by atoms with E-state index >= 15 is 0 Å². The van der Waals surface area contributed by atoms with Gasteiger partial charge in [-0.1, -0.05) is 13.8 Å². The van der Waals surface area contributed by atoms with Gasteiger partial charge in [0, 0.05) is 70.2 Å². The number of Topliss-reactive ketones (excluding diaryl/α,β-unsaturated/α-hetero) is 1. The van der Waals surface area contributed by atoms with Crippen LogP contribution in [-0.4, -0.2) is 174 Å². The van der Waals surface area contributed by atoms with Gasteiger partial charge in [0.25, 0.3) is 0 Å². The van der Waals surface area contributed by atoms with Crippen LogP contribution >= 0.6 is 31.9 Å². The van der Waals surface area contributed by atoms with Crippen LogP contribution in [0.5, 0.6) is 0 Å². The number of methoxy groups -OCH3 is 2. The zero-order valence-electron chi connectivity index (χ0n) is 34.1. The van der Waals surface area contributed by atoms with Crippen LogP contribution in [0, 0.1) is 0 Å². The van der Waals surface area contributed by atoms with Gasteiger partial charge in [0.2, 0.25) is 0 Å². The lowest BCUT2D eigenvalue weighted by molar-refractivity contribution is -0.120. The number of anilines is 2. The lowest BCUT2D eigenvalue weighted by atomic mass is 9.82. The number of ketones is 1. The number of halogens is 2. The SMILES string of the molecule is CB(O)N1CCC(=O)CC1.CC[C@H]1CN(c2ncc(C(=O)OC)nc2Br)CCN1.CC[C@H]1CN(c2ncc(C(=O)OC)nc2Br)CCN1C1CCN(B(C)O)CC1. The normalized spacial score (nSPS) is 21.1. The van der Waals surface area contributed by atoms with Crippen LogP contribution in [-0.2, 0) is 14.3 Å². The minimum Gasteiger partial charge on any atom is -0.464 e. The Labute approximate surface area is 354 Å². The molecular formula is C36H58B2Br2N10O7. The summed E-state index contributed by atoms with van der Waals surface area (Å²) in [5.74, 6) is 0.894. The van der Waals surface area contributed by atoms with Gasteiger partial charge in [-0.3, -0.25) is 9.69 Å². The third kappa shape index (κ3) is 13.4. The molecule has 2 atom stereocenters. The molecule has 21 heteroatoms. The van der Waals surface area contributed by atoms with Crippen molar-refractivity contribution in [2.24, 2.45) is 0 Å². The minimum atomic E-state index is -0.487. The molecule has 6 rings (SSSR count). The Morgan fingerprint density at radius 1 is 0.789 bits per heavy atom. The average Bonchev–Trinajstić information content (AvgIpc) is 3.23. The molecule has 6 heterocycles. The fourth-order valence-corrected chi connectivity index (χ4v) is 8.57. The summed E-state index contributed by atoms with van der Waals surface area (Å²) < 4.78 is 10.5. The Bertz CT molecular complexity index is 1620. The number of rotatable bonds is 9. The van der Waals surface area contributed by atoms with Crippen LogP contribution in [0.3, 0.4) is 0 Å². The number of ether oxygens (including phenoxy) is 2. The van der Waals surface area contributed by atoms with E-state index < -0.39 is 19.0 Å². The molecule has 0 aliphatic carbocycles. The van der Waals surface area contributed by atoms with Crippen LogP contribution in [0.15, 0.2) is 21.6 Å². The first-order valence-corrected chi connectivity index (χ1v) is 21.4. The van der Waals surface area contributed by atoms with E-state index in [2.05, 4.69) is 95.2 Å². The van der Waals surface area contributed by atoms with Crippen molar-refractivity contribution < 1.29 is 33.9 Å². The molecule has 4 aliphatic rings. The summed E-state index contributed by atoms with van der Waals surface area (Å²) in [5.41, 5.74) is 0.411. The molecule has 4 saturated heterocycles. The van der Waals surface area contributed by atoms with Gasteiger partial charge in [-0.15, -0.1) is 0 Å². The first-order valence-electron chi connectivity index (χ1n) is 19.9. The van der Waals surface area contributed by atoms with Gasteiger partial charge in [0.1, 0.15) is 15.0 Å². The number of carbonyl (C=O) groups is 3. The fourth-order valence-electron chi connectivity index (χ4n) is 7.49. The third-order valence-electron chi connectivity index (χ3n) is 10.9. The second-order valence-electron chi connectivity index (χ2n) is 14.6. The largest absolute Gasteiger partial charge is 0.464 e. The van der Waals surface area contributed by atoms with Crippen LogP contribution in [0.2, 0.25) is 13.6 Å². The molecule has 0 bridgehead atoms. The van der Waals surface area contributed by atoms with Crippen molar-refractivity contribution in [2.45, 2.75) is 84.1 Å². The Kier molecular flexibility index (Phi) is 19.0. The van der Waals surface area contributed by atoms with Crippen LogP contribution in [0.4, 0.5) is 11.6 Å². The summed E-state index contributed by atoms with van der Waals surface area (Å²) in [6.45, 7) is 16.7. The third-order valence-corrected chi connectivity index (χ3v) is 12.0. The predicted molar refractivity (Wildman–Crippen MR) is 228 cm³/mol. The maximum atomic E-state index is 11.6. The highest BCUT2D eigenvalue weighted by atomic mass is 79.9.